The highest BCUT2D eigenvalue weighted by molar-refractivity contribution is 5.69. The second-order valence-corrected chi connectivity index (χ2v) is 1.85. The largest absolute Gasteiger partial charge is 0.466 e. The lowest BCUT2D eigenvalue weighted by Crippen LogP contribution is -2.18. The number of aliphatic hydroxyl groups excluding tert-OH is 2. The van der Waals surface area contributed by atoms with Crippen molar-refractivity contribution in [2.75, 3.05) is 13.2 Å². The van der Waals surface area contributed by atoms with Gasteiger partial charge in [-0.05, 0) is 6.92 Å². The molecule has 4 nitrogen and oxygen atoms in total. The lowest BCUT2D eigenvalue weighted by Gasteiger charge is -2.04. The first-order chi connectivity index (χ1) is 4.70. The van der Waals surface area contributed by atoms with Gasteiger partial charge in [-0.2, -0.15) is 0 Å². The summed E-state index contributed by atoms with van der Waals surface area (Å²) in [6.45, 7) is 1.58. The molecule has 60 valence electrons. The highest BCUT2D eigenvalue weighted by Gasteiger charge is 2.09. The maximum absolute atomic E-state index is 10.5. The van der Waals surface area contributed by atoms with Crippen LogP contribution in [0, 0.1) is 0 Å². The van der Waals surface area contributed by atoms with E-state index in [1.165, 1.54) is 0 Å². The minimum absolute atomic E-state index is 0.135. The predicted molar refractivity (Wildman–Crippen MR) is 34.3 cm³/mol. The van der Waals surface area contributed by atoms with E-state index in [-0.39, 0.29) is 6.42 Å². The van der Waals surface area contributed by atoms with Crippen LogP contribution in [0.25, 0.3) is 0 Å². The number of carbonyl (C=O) groups is 1. The van der Waals surface area contributed by atoms with Crippen LogP contribution in [0.15, 0.2) is 0 Å². The summed E-state index contributed by atoms with van der Waals surface area (Å²) in [6, 6.07) is 0. The van der Waals surface area contributed by atoms with Gasteiger partial charge in [-0.1, -0.05) is 0 Å². The number of esters is 1. The van der Waals surface area contributed by atoms with E-state index < -0.39 is 18.7 Å². The lowest BCUT2D eigenvalue weighted by atomic mass is 10.3. The first kappa shape index (κ1) is 9.39. The van der Waals surface area contributed by atoms with Crippen molar-refractivity contribution in [2.24, 2.45) is 0 Å². The zero-order valence-corrected chi connectivity index (χ0v) is 5.91. The molecule has 0 radical (unpaired) electrons. The Labute approximate surface area is 59.4 Å². The fraction of sp³-hybridized carbons (Fsp3) is 0.833. The topological polar surface area (TPSA) is 66.8 Å². The Morgan fingerprint density at radius 2 is 2.30 bits per heavy atom. The van der Waals surface area contributed by atoms with Crippen molar-refractivity contribution in [2.45, 2.75) is 19.4 Å². The van der Waals surface area contributed by atoms with Crippen molar-refractivity contribution in [3.8, 4) is 0 Å². The maximum Gasteiger partial charge on any atom is 0.308 e. The third-order valence-electron chi connectivity index (χ3n) is 0.918. The van der Waals surface area contributed by atoms with Gasteiger partial charge < -0.3 is 14.9 Å². The molecule has 0 aromatic carbocycles. The average Bonchev–Trinajstić information content (AvgIpc) is 1.88. The molecule has 0 aromatic rings. The van der Waals surface area contributed by atoms with Crippen LogP contribution in [-0.2, 0) is 9.53 Å². The smallest absolute Gasteiger partial charge is 0.308 e. The van der Waals surface area contributed by atoms with Gasteiger partial charge in [0, 0.05) is 0 Å². The molecule has 4 heteroatoms. The number of aliphatic hydroxyl groups is 2. The summed E-state index contributed by atoms with van der Waals surface area (Å²) < 4.78 is 4.50. The molecule has 1 unspecified atom stereocenters. The highest BCUT2D eigenvalue weighted by Crippen LogP contribution is 1.92. The molecule has 0 aliphatic heterocycles. The summed E-state index contributed by atoms with van der Waals surface area (Å²) in [5, 5.41) is 17.0. The molecule has 0 bridgehead atoms. The zero-order chi connectivity index (χ0) is 7.98. The Kier molecular flexibility index (Phi) is 4.88. The van der Waals surface area contributed by atoms with Gasteiger partial charge in [0.2, 0.25) is 0 Å². The minimum Gasteiger partial charge on any atom is -0.466 e. The van der Waals surface area contributed by atoms with Crippen molar-refractivity contribution in [3.63, 3.8) is 0 Å². The number of carbonyl (C=O) groups excluding carboxylic acids is 1. The first-order valence-corrected chi connectivity index (χ1v) is 3.15. The normalized spacial score (nSPS) is 12.7. The summed E-state index contributed by atoms with van der Waals surface area (Å²) in [5.74, 6) is -0.482. The van der Waals surface area contributed by atoms with E-state index in [0.717, 1.165) is 0 Å². The fourth-order valence-electron chi connectivity index (χ4n) is 0.477. The van der Waals surface area contributed by atoms with Crippen LogP contribution in [0.3, 0.4) is 0 Å². The van der Waals surface area contributed by atoms with Crippen molar-refractivity contribution >= 4 is 5.97 Å². The molecule has 1 atom stereocenters. The fourth-order valence-corrected chi connectivity index (χ4v) is 0.477. The van der Waals surface area contributed by atoms with Crippen molar-refractivity contribution in [1.29, 1.82) is 0 Å². The van der Waals surface area contributed by atoms with Crippen molar-refractivity contribution < 1.29 is 19.7 Å². The van der Waals surface area contributed by atoms with Crippen molar-refractivity contribution in [3.05, 3.63) is 0 Å². The van der Waals surface area contributed by atoms with Crippen LogP contribution in [0.2, 0.25) is 0 Å². The second-order valence-electron chi connectivity index (χ2n) is 1.85. The van der Waals surface area contributed by atoms with Gasteiger partial charge in [0.25, 0.3) is 0 Å². The summed E-state index contributed by atoms with van der Waals surface area (Å²) in [6.07, 6.45) is -1.12. The Bertz CT molecular complexity index is 102. The van der Waals surface area contributed by atoms with E-state index in [0.29, 0.717) is 6.61 Å². The highest BCUT2D eigenvalue weighted by atomic mass is 16.5. The lowest BCUT2D eigenvalue weighted by molar-refractivity contribution is -0.145. The molecule has 2 N–H and O–H groups in total. The van der Waals surface area contributed by atoms with Crippen LogP contribution >= 0.6 is 0 Å². The van der Waals surface area contributed by atoms with E-state index in [1.54, 1.807) is 6.92 Å². The van der Waals surface area contributed by atoms with Gasteiger partial charge in [0.1, 0.15) is 0 Å². The Morgan fingerprint density at radius 3 is 2.70 bits per heavy atom. The van der Waals surface area contributed by atoms with Crippen LogP contribution in [0.5, 0.6) is 0 Å². The molecule has 0 aromatic heterocycles. The number of hydrogen-bond acceptors (Lipinski definition) is 4. The molecule has 10 heavy (non-hydrogen) atoms. The molecule has 0 spiro atoms. The Hall–Kier alpha value is -0.610. The SMILES string of the molecule is CCOC(=O)CC(O)CO. The minimum atomic E-state index is -0.987. The number of ether oxygens (including phenoxy) is 1. The Balaban J connectivity index is 3.37. The number of rotatable bonds is 4. The van der Waals surface area contributed by atoms with Gasteiger partial charge in [0.15, 0.2) is 0 Å². The molecule has 0 saturated heterocycles. The first-order valence-electron chi connectivity index (χ1n) is 3.15. The molecule has 0 aliphatic rings. The molecule has 0 fully saturated rings. The van der Waals surface area contributed by atoms with E-state index in [9.17, 15) is 4.79 Å². The quantitative estimate of drug-likeness (QED) is 0.517. The van der Waals surface area contributed by atoms with E-state index in [1.807, 2.05) is 0 Å². The number of hydrogen-bond donors (Lipinski definition) is 2. The van der Waals surface area contributed by atoms with E-state index in [2.05, 4.69) is 4.74 Å². The van der Waals surface area contributed by atoms with Gasteiger partial charge in [-0.3, -0.25) is 4.79 Å². The predicted octanol–water partition coefficient (Wildman–Crippen LogP) is -0.707. The van der Waals surface area contributed by atoms with Crippen molar-refractivity contribution in [1.82, 2.24) is 0 Å². The molecule has 0 rings (SSSR count). The average molecular weight is 148 g/mol. The molecular weight excluding hydrogens is 136 g/mol. The van der Waals surface area contributed by atoms with E-state index >= 15 is 0 Å². The molecular formula is C6H12O4. The van der Waals surface area contributed by atoms with Gasteiger partial charge in [-0.25, -0.2) is 0 Å². The second kappa shape index (κ2) is 5.20. The van der Waals surface area contributed by atoms with Crippen LogP contribution in [0.4, 0.5) is 0 Å². The summed E-state index contributed by atoms with van der Waals surface area (Å²) in [5.41, 5.74) is 0. The molecule has 0 saturated carbocycles. The molecule has 0 amide bonds. The van der Waals surface area contributed by atoms with Gasteiger partial charge >= 0.3 is 5.97 Å². The maximum atomic E-state index is 10.5. The third kappa shape index (κ3) is 4.29. The van der Waals surface area contributed by atoms with Gasteiger partial charge in [0.05, 0.1) is 25.7 Å². The van der Waals surface area contributed by atoms with Crippen LogP contribution < -0.4 is 0 Å². The molecule has 0 heterocycles. The monoisotopic (exact) mass is 148 g/mol. The van der Waals surface area contributed by atoms with Crippen LogP contribution in [-0.4, -0.2) is 35.5 Å². The standard InChI is InChI=1S/C6H12O4/c1-2-10-6(9)3-5(8)4-7/h5,7-8H,2-4H2,1H3. The van der Waals surface area contributed by atoms with Crippen LogP contribution in [0.1, 0.15) is 13.3 Å². The summed E-state index contributed by atoms with van der Waals surface area (Å²) >= 11 is 0. The zero-order valence-electron chi connectivity index (χ0n) is 5.91. The summed E-state index contributed by atoms with van der Waals surface area (Å²) in [7, 11) is 0. The molecule has 0 aliphatic carbocycles. The summed E-state index contributed by atoms with van der Waals surface area (Å²) in [4.78, 5) is 10.5. The van der Waals surface area contributed by atoms with Gasteiger partial charge in [-0.15, -0.1) is 0 Å². The Morgan fingerprint density at radius 1 is 1.70 bits per heavy atom. The third-order valence-corrected chi connectivity index (χ3v) is 0.918. The van der Waals surface area contributed by atoms with E-state index in [4.69, 9.17) is 10.2 Å².